The minimum Gasteiger partial charge on any atom is -0.497 e. The highest BCUT2D eigenvalue weighted by atomic mass is 16.5. The van der Waals surface area contributed by atoms with Gasteiger partial charge >= 0.3 is 0 Å². The van der Waals surface area contributed by atoms with Crippen molar-refractivity contribution < 1.29 is 4.74 Å². The third kappa shape index (κ3) is 3.31. The Morgan fingerprint density at radius 3 is 2.81 bits per heavy atom. The summed E-state index contributed by atoms with van der Waals surface area (Å²) in [6, 6.07) is 5.72. The third-order valence-corrected chi connectivity index (χ3v) is 2.57. The minimum atomic E-state index is 0.785. The van der Waals surface area contributed by atoms with E-state index in [0.29, 0.717) is 0 Å². The van der Waals surface area contributed by atoms with Gasteiger partial charge < -0.3 is 20.7 Å². The summed E-state index contributed by atoms with van der Waals surface area (Å²) in [7, 11) is 5.66. The van der Waals surface area contributed by atoms with Gasteiger partial charge in [0.1, 0.15) is 5.75 Å². The van der Waals surface area contributed by atoms with Crippen LogP contribution in [0.5, 0.6) is 5.75 Å². The van der Waals surface area contributed by atoms with Crippen molar-refractivity contribution in [2.24, 2.45) is 0 Å². The summed E-state index contributed by atoms with van der Waals surface area (Å²) < 4.78 is 5.19. The highest BCUT2D eigenvalue weighted by Gasteiger charge is 2.06. The van der Waals surface area contributed by atoms with Gasteiger partial charge in [0.25, 0.3) is 0 Å². The van der Waals surface area contributed by atoms with Crippen molar-refractivity contribution in [1.29, 1.82) is 0 Å². The van der Waals surface area contributed by atoms with Crippen LogP contribution in [0.4, 0.5) is 11.4 Å². The molecule has 0 bridgehead atoms. The van der Waals surface area contributed by atoms with E-state index in [0.717, 1.165) is 36.6 Å². The fourth-order valence-corrected chi connectivity index (χ4v) is 1.59. The molecule has 16 heavy (non-hydrogen) atoms. The molecule has 0 aromatic heterocycles. The predicted octanol–water partition coefficient (Wildman–Crippen LogP) is 1.32. The lowest BCUT2D eigenvalue weighted by Crippen LogP contribution is -2.23. The molecule has 0 spiro atoms. The molecule has 3 N–H and O–H groups in total. The van der Waals surface area contributed by atoms with Crippen LogP contribution in [0.3, 0.4) is 0 Å². The summed E-state index contributed by atoms with van der Waals surface area (Å²) in [6.45, 7) is 1.98. The predicted molar refractivity (Wildman–Crippen MR) is 69.2 cm³/mol. The fourth-order valence-electron chi connectivity index (χ4n) is 1.59. The van der Waals surface area contributed by atoms with Crippen molar-refractivity contribution in [1.82, 2.24) is 5.32 Å². The van der Waals surface area contributed by atoms with E-state index >= 15 is 0 Å². The molecule has 0 saturated carbocycles. The molecule has 4 nitrogen and oxygen atoms in total. The standard InChI is InChI=1S/C12H21N3O/c1-14-7-4-8-15(2)12-9-10(16-3)5-6-11(12)13/h5-6,9,14H,4,7-8,13H2,1-3H3. The molecule has 1 rings (SSSR count). The van der Waals surface area contributed by atoms with E-state index in [1.54, 1.807) is 7.11 Å². The minimum absolute atomic E-state index is 0.785. The summed E-state index contributed by atoms with van der Waals surface area (Å²) >= 11 is 0. The number of benzene rings is 1. The summed E-state index contributed by atoms with van der Waals surface area (Å²) in [5.41, 5.74) is 7.74. The summed E-state index contributed by atoms with van der Waals surface area (Å²) in [5.74, 6) is 0.838. The van der Waals surface area contributed by atoms with E-state index in [1.807, 2.05) is 32.3 Å². The number of rotatable bonds is 6. The first-order valence-electron chi connectivity index (χ1n) is 5.48. The highest BCUT2D eigenvalue weighted by molar-refractivity contribution is 5.69. The summed E-state index contributed by atoms with van der Waals surface area (Å²) in [5, 5.41) is 3.13. The number of hydrogen-bond acceptors (Lipinski definition) is 4. The Labute approximate surface area is 97.4 Å². The molecule has 0 amide bonds. The van der Waals surface area contributed by atoms with Crippen LogP contribution < -0.4 is 20.7 Å². The first-order valence-corrected chi connectivity index (χ1v) is 5.48. The first kappa shape index (κ1) is 12.6. The normalized spacial score (nSPS) is 10.2. The Morgan fingerprint density at radius 2 is 2.19 bits per heavy atom. The maximum Gasteiger partial charge on any atom is 0.121 e. The molecule has 1 aromatic rings. The second-order valence-electron chi connectivity index (χ2n) is 3.80. The Hall–Kier alpha value is -1.42. The van der Waals surface area contributed by atoms with Crippen LogP contribution in [-0.4, -0.2) is 34.3 Å². The Kier molecular flexibility index (Phi) is 4.92. The average molecular weight is 223 g/mol. The zero-order chi connectivity index (χ0) is 12.0. The van der Waals surface area contributed by atoms with Crippen molar-refractivity contribution >= 4 is 11.4 Å². The quantitative estimate of drug-likeness (QED) is 0.564. The van der Waals surface area contributed by atoms with Crippen molar-refractivity contribution in [2.45, 2.75) is 6.42 Å². The van der Waals surface area contributed by atoms with Crippen LogP contribution >= 0.6 is 0 Å². The number of methoxy groups -OCH3 is 1. The van der Waals surface area contributed by atoms with Gasteiger partial charge in [-0.3, -0.25) is 0 Å². The van der Waals surface area contributed by atoms with Gasteiger partial charge in [-0.1, -0.05) is 0 Å². The molecule has 0 fully saturated rings. The number of nitrogens with one attached hydrogen (secondary N) is 1. The largest absolute Gasteiger partial charge is 0.497 e. The van der Waals surface area contributed by atoms with Gasteiger partial charge in [-0.25, -0.2) is 0 Å². The van der Waals surface area contributed by atoms with Crippen molar-refractivity contribution in [3.63, 3.8) is 0 Å². The second kappa shape index (κ2) is 6.23. The average Bonchev–Trinajstić information content (AvgIpc) is 2.30. The molecular weight excluding hydrogens is 202 g/mol. The first-order chi connectivity index (χ1) is 7.69. The molecular formula is C12H21N3O. The van der Waals surface area contributed by atoms with E-state index in [1.165, 1.54) is 0 Å². The van der Waals surface area contributed by atoms with Crippen LogP contribution in [-0.2, 0) is 0 Å². The van der Waals surface area contributed by atoms with Crippen molar-refractivity contribution in [3.8, 4) is 5.75 Å². The number of anilines is 2. The zero-order valence-electron chi connectivity index (χ0n) is 10.3. The fraction of sp³-hybridized carbons (Fsp3) is 0.500. The van der Waals surface area contributed by atoms with Gasteiger partial charge in [-0.2, -0.15) is 0 Å². The number of nitrogen functional groups attached to an aromatic ring is 1. The lowest BCUT2D eigenvalue weighted by molar-refractivity contribution is 0.415. The van der Waals surface area contributed by atoms with E-state index in [4.69, 9.17) is 10.5 Å². The molecule has 0 aliphatic rings. The lowest BCUT2D eigenvalue weighted by atomic mass is 10.2. The monoisotopic (exact) mass is 223 g/mol. The molecule has 0 atom stereocenters. The van der Waals surface area contributed by atoms with Crippen LogP contribution in [0.25, 0.3) is 0 Å². The topological polar surface area (TPSA) is 50.5 Å². The zero-order valence-corrected chi connectivity index (χ0v) is 10.3. The molecule has 90 valence electrons. The molecule has 0 saturated heterocycles. The smallest absolute Gasteiger partial charge is 0.121 e. The summed E-state index contributed by atoms with van der Waals surface area (Å²) in [6.07, 6.45) is 1.09. The van der Waals surface area contributed by atoms with Crippen LogP contribution in [0, 0.1) is 0 Å². The van der Waals surface area contributed by atoms with Gasteiger partial charge in [0.2, 0.25) is 0 Å². The molecule has 0 aliphatic heterocycles. The number of nitrogens with two attached hydrogens (primary N) is 1. The van der Waals surface area contributed by atoms with Gasteiger partial charge in [0, 0.05) is 19.7 Å². The van der Waals surface area contributed by atoms with E-state index in [2.05, 4.69) is 10.2 Å². The molecule has 4 heteroatoms. The van der Waals surface area contributed by atoms with Crippen LogP contribution in [0.1, 0.15) is 6.42 Å². The number of nitrogens with zero attached hydrogens (tertiary/aromatic N) is 1. The van der Waals surface area contributed by atoms with Gasteiger partial charge in [0.15, 0.2) is 0 Å². The van der Waals surface area contributed by atoms with Crippen LogP contribution in [0.15, 0.2) is 18.2 Å². The third-order valence-electron chi connectivity index (χ3n) is 2.57. The van der Waals surface area contributed by atoms with Gasteiger partial charge in [-0.15, -0.1) is 0 Å². The Balaban J connectivity index is 2.69. The molecule has 0 heterocycles. The molecule has 0 unspecified atom stereocenters. The SMILES string of the molecule is CNCCCN(C)c1cc(OC)ccc1N. The Bertz CT molecular complexity index is 328. The van der Waals surface area contributed by atoms with Crippen molar-refractivity contribution in [2.75, 3.05) is 44.9 Å². The summed E-state index contributed by atoms with van der Waals surface area (Å²) in [4.78, 5) is 2.15. The highest BCUT2D eigenvalue weighted by Crippen LogP contribution is 2.27. The maximum absolute atomic E-state index is 5.94. The van der Waals surface area contributed by atoms with E-state index < -0.39 is 0 Å². The van der Waals surface area contributed by atoms with Gasteiger partial charge in [-0.05, 0) is 32.1 Å². The molecule has 1 aromatic carbocycles. The molecule has 0 aliphatic carbocycles. The second-order valence-corrected chi connectivity index (χ2v) is 3.80. The van der Waals surface area contributed by atoms with E-state index in [-0.39, 0.29) is 0 Å². The number of ether oxygens (including phenoxy) is 1. The van der Waals surface area contributed by atoms with Crippen LogP contribution in [0.2, 0.25) is 0 Å². The molecule has 0 radical (unpaired) electrons. The Morgan fingerprint density at radius 1 is 1.44 bits per heavy atom. The van der Waals surface area contributed by atoms with Gasteiger partial charge in [0.05, 0.1) is 18.5 Å². The number of hydrogen-bond donors (Lipinski definition) is 2. The van der Waals surface area contributed by atoms with E-state index in [9.17, 15) is 0 Å². The van der Waals surface area contributed by atoms with Crippen molar-refractivity contribution in [3.05, 3.63) is 18.2 Å². The lowest BCUT2D eigenvalue weighted by Gasteiger charge is -2.21. The maximum atomic E-state index is 5.94.